The van der Waals surface area contributed by atoms with E-state index < -0.39 is 0 Å². The fourth-order valence-corrected chi connectivity index (χ4v) is 3.61. The molecule has 5 nitrogen and oxygen atoms in total. The van der Waals surface area contributed by atoms with Crippen molar-refractivity contribution in [1.82, 2.24) is 10.2 Å². The molecule has 0 radical (unpaired) electrons. The van der Waals surface area contributed by atoms with E-state index in [4.69, 9.17) is 4.74 Å². The quantitative estimate of drug-likeness (QED) is 0.816. The van der Waals surface area contributed by atoms with Crippen LogP contribution in [-0.4, -0.2) is 42.6 Å². The van der Waals surface area contributed by atoms with Gasteiger partial charge in [-0.15, -0.1) is 0 Å². The average Bonchev–Trinajstić information content (AvgIpc) is 2.52. The van der Waals surface area contributed by atoms with Gasteiger partial charge in [0, 0.05) is 19.1 Å². The highest BCUT2D eigenvalue weighted by atomic mass is 16.5. The third kappa shape index (κ3) is 4.14. The lowest BCUT2D eigenvalue weighted by atomic mass is 9.78. The zero-order valence-electron chi connectivity index (χ0n) is 14.1. The normalized spacial score (nSPS) is 30.0. The molecular formula is C17H30N2O3. The Bertz CT molecular complexity index is 391. The highest BCUT2D eigenvalue weighted by Crippen LogP contribution is 2.29. The molecule has 126 valence electrons. The predicted molar refractivity (Wildman–Crippen MR) is 85.4 cm³/mol. The summed E-state index contributed by atoms with van der Waals surface area (Å²) in [6, 6.07) is 0.326. The van der Waals surface area contributed by atoms with Crippen molar-refractivity contribution in [3.8, 4) is 0 Å². The van der Waals surface area contributed by atoms with Crippen molar-refractivity contribution >= 4 is 12.0 Å². The summed E-state index contributed by atoms with van der Waals surface area (Å²) in [5.41, 5.74) is 0. The van der Waals surface area contributed by atoms with E-state index in [0.717, 1.165) is 6.42 Å². The molecule has 0 spiro atoms. The van der Waals surface area contributed by atoms with Crippen LogP contribution in [0, 0.1) is 17.8 Å². The molecule has 22 heavy (non-hydrogen) atoms. The van der Waals surface area contributed by atoms with Crippen molar-refractivity contribution in [1.29, 1.82) is 0 Å². The monoisotopic (exact) mass is 310 g/mol. The summed E-state index contributed by atoms with van der Waals surface area (Å²) >= 11 is 0. The molecule has 2 amide bonds. The first-order chi connectivity index (χ1) is 10.5. The van der Waals surface area contributed by atoms with Crippen molar-refractivity contribution in [3.63, 3.8) is 0 Å². The maximum Gasteiger partial charge on any atom is 0.317 e. The van der Waals surface area contributed by atoms with Crippen molar-refractivity contribution in [2.75, 3.05) is 19.7 Å². The highest BCUT2D eigenvalue weighted by Gasteiger charge is 2.32. The molecule has 1 aliphatic heterocycles. The zero-order chi connectivity index (χ0) is 16.1. The van der Waals surface area contributed by atoms with E-state index >= 15 is 0 Å². The van der Waals surface area contributed by atoms with E-state index in [9.17, 15) is 9.59 Å². The molecule has 0 aromatic carbocycles. The first kappa shape index (κ1) is 17.1. The van der Waals surface area contributed by atoms with Crippen molar-refractivity contribution in [2.24, 2.45) is 17.8 Å². The molecule has 1 heterocycles. The molecular weight excluding hydrogens is 280 g/mol. The van der Waals surface area contributed by atoms with Crippen molar-refractivity contribution in [2.45, 2.75) is 58.9 Å². The summed E-state index contributed by atoms with van der Waals surface area (Å²) in [6.07, 6.45) is 4.96. The fraction of sp³-hybridized carbons (Fsp3) is 0.882. The minimum atomic E-state index is -0.114. The van der Waals surface area contributed by atoms with Crippen LogP contribution in [0.3, 0.4) is 0 Å². The summed E-state index contributed by atoms with van der Waals surface area (Å²) in [4.78, 5) is 26.0. The first-order valence-electron chi connectivity index (χ1n) is 8.75. The van der Waals surface area contributed by atoms with Gasteiger partial charge in [0.1, 0.15) is 0 Å². The summed E-state index contributed by atoms with van der Waals surface area (Å²) in [6.45, 7) is 8.05. The Labute approximate surface area is 133 Å². The summed E-state index contributed by atoms with van der Waals surface area (Å²) in [5.74, 6) is 1.05. The number of nitrogens with one attached hydrogen (secondary N) is 1. The van der Waals surface area contributed by atoms with E-state index in [0.29, 0.717) is 50.4 Å². The van der Waals surface area contributed by atoms with E-state index in [1.165, 1.54) is 12.8 Å². The number of urea groups is 1. The van der Waals surface area contributed by atoms with E-state index in [1.807, 2.05) is 11.8 Å². The van der Waals surface area contributed by atoms with Gasteiger partial charge in [0.15, 0.2) is 0 Å². The van der Waals surface area contributed by atoms with Crippen LogP contribution < -0.4 is 5.32 Å². The van der Waals surface area contributed by atoms with Gasteiger partial charge in [-0.1, -0.05) is 26.7 Å². The average molecular weight is 310 g/mol. The Kier molecular flexibility index (Phi) is 6.09. The number of esters is 1. The molecule has 2 fully saturated rings. The van der Waals surface area contributed by atoms with Gasteiger partial charge in [0.05, 0.1) is 12.5 Å². The van der Waals surface area contributed by atoms with Crippen LogP contribution in [0.15, 0.2) is 0 Å². The second-order valence-corrected chi connectivity index (χ2v) is 6.84. The van der Waals surface area contributed by atoms with Gasteiger partial charge in [0.25, 0.3) is 0 Å². The molecule has 1 aliphatic carbocycles. The maximum absolute atomic E-state index is 12.4. The minimum absolute atomic E-state index is 0.0354. The van der Waals surface area contributed by atoms with Crippen LogP contribution in [0.4, 0.5) is 4.79 Å². The van der Waals surface area contributed by atoms with E-state index in [1.54, 1.807) is 0 Å². The second-order valence-electron chi connectivity index (χ2n) is 6.84. The van der Waals surface area contributed by atoms with Gasteiger partial charge in [-0.25, -0.2) is 4.79 Å². The number of rotatable bonds is 3. The Balaban J connectivity index is 1.79. The highest BCUT2D eigenvalue weighted by molar-refractivity contribution is 5.76. The summed E-state index contributed by atoms with van der Waals surface area (Å²) in [7, 11) is 0. The molecule has 3 atom stereocenters. The number of ether oxygens (including phenoxy) is 1. The number of amides is 2. The molecule has 0 aromatic rings. The lowest BCUT2D eigenvalue weighted by molar-refractivity contribution is -0.149. The van der Waals surface area contributed by atoms with Gasteiger partial charge >= 0.3 is 12.0 Å². The van der Waals surface area contributed by atoms with Gasteiger partial charge in [-0.05, 0) is 38.0 Å². The minimum Gasteiger partial charge on any atom is -0.466 e. The Morgan fingerprint density at radius 2 is 1.82 bits per heavy atom. The Hall–Kier alpha value is -1.26. The maximum atomic E-state index is 12.4. The van der Waals surface area contributed by atoms with E-state index in [2.05, 4.69) is 19.2 Å². The van der Waals surface area contributed by atoms with Crippen LogP contribution in [0.1, 0.15) is 52.9 Å². The lowest BCUT2D eigenvalue weighted by Crippen LogP contribution is -2.51. The SMILES string of the molecule is CCOC(=O)C1CCN(C(=O)N[C@@H]2CCC[C@H](C)[C@H]2C)CC1. The second kappa shape index (κ2) is 7.84. The zero-order valence-corrected chi connectivity index (χ0v) is 14.1. The van der Waals surface area contributed by atoms with Crippen LogP contribution in [0.2, 0.25) is 0 Å². The molecule has 1 N–H and O–H groups in total. The topological polar surface area (TPSA) is 58.6 Å². The standard InChI is InChI=1S/C17H30N2O3/c1-4-22-16(20)14-8-10-19(11-9-14)17(21)18-15-7-5-6-12(2)13(15)3/h12-15H,4-11H2,1-3H3,(H,18,21)/t12-,13+,15+/m0/s1. The van der Waals surface area contributed by atoms with Crippen LogP contribution in [-0.2, 0) is 9.53 Å². The summed E-state index contributed by atoms with van der Waals surface area (Å²) in [5, 5.41) is 3.21. The molecule has 1 saturated carbocycles. The van der Waals surface area contributed by atoms with Gasteiger partial charge in [-0.3, -0.25) is 4.79 Å². The third-order valence-electron chi connectivity index (χ3n) is 5.42. The smallest absolute Gasteiger partial charge is 0.317 e. The Morgan fingerprint density at radius 1 is 1.14 bits per heavy atom. The number of likely N-dealkylation sites (tertiary alicyclic amines) is 1. The van der Waals surface area contributed by atoms with Gasteiger partial charge in [0.2, 0.25) is 0 Å². The van der Waals surface area contributed by atoms with Gasteiger partial charge in [-0.2, -0.15) is 0 Å². The van der Waals surface area contributed by atoms with Crippen LogP contribution in [0.25, 0.3) is 0 Å². The molecule has 0 bridgehead atoms. The first-order valence-corrected chi connectivity index (χ1v) is 8.75. The largest absolute Gasteiger partial charge is 0.466 e. The number of hydrogen-bond acceptors (Lipinski definition) is 3. The fourth-order valence-electron chi connectivity index (χ4n) is 3.61. The van der Waals surface area contributed by atoms with Crippen LogP contribution in [0.5, 0.6) is 0 Å². The molecule has 2 rings (SSSR count). The number of carbonyl (C=O) groups is 2. The number of nitrogens with zero attached hydrogens (tertiary/aromatic N) is 1. The number of piperidine rings is 1. The van der Waals surface area contributed by atoms with E-state index in [-0.39, 0.29) is 17.9 Å². The summed E-state index contributed by atoms with van der Waals surface area (Å²) < 4.78 is 5.07. The molecule has 2 aliphatic rings. The molecule has 0 aromatic heterocycles. The van der Waals surface area contributed by atoms with Gasteiger partial charge < -0.3 is 15.0 Å². The van der Waals surface area contributed by atoms with Crippen molar-refractivity contribution < 1.29 is 14.3 Å². The van der Waals surface area contributed by atoms with Crippen LogP contribution >= 0.6 is 0 Å². The Morgan fingerprint density at radius 3 is 2.45 bits per heavy atom. The third-order valence-corrected chi connectivity index (χ3v) is 5.42. The molecule has 0 unspecified atom stereocenters. The number of hydrogen-bond donors (Lipinski definition) is 1. The predicted octanol–water partition coefficient (Wildman–Crippen LogP) is 2.80. The molecule has 5 heteroatoms. The lowest BCUT2D eigenvalue weighted by Gasteiger charge is -2.37. The molecule has 1 saturated heterocycles. The van der Waals surface area contributed by atoms with Crippen molar-refractivity contribution in [3.05, 3.63) is 0 Å². The number of carbonyl (C=O) groups excluding carboxylic acids is 2.